The van der Waals surface area contributed by atoms with Crippen molar-refractivity contribution in [2.24, 2.45) is 0 Å². The molecule has 2 amide bonds. The van der Waals surface area contributed by atoms with Crippen LogP contribution in [0.3, 0.4) is 0 Å². The predicted octanol–water partition coefficient (Wildman–Crippen LogP) is 4.15. The van der Waals surface area contributed by atoms with Gasteiger partial charge in [0.25, 0.3) is 10.1 Å². The van der Waals surface area contributed by atoms with Crippen molar-refractivity contribution in [3.63, 3.8) is 0 Å². The highest BCUT2D eigenvalue weighted by Gasteiger charge is 2.51. The van der Waals surface area contributed by atoms with E-state index >= 15 is 0 Å². The number of alkyl halides is 6. The molecule has 0 bridgehead atoms. The normalized spacial score (nSPS) is 18.9. The second kappa shape index (κ2) is 9.98. The highest BCUT2D eigenvalue weighted by atomic mass is 32.2. The van der Waals surface area contributed by atoms with Crippen molar-refractivity contribution in [2.45, 2.75) is 44.2 Å². The van der Waals surface area contributed by atoms with Crippen LogP contribution in [-0.2, 0) is 27.6 Å². The number of aryl methyl sites for hydroxylation is 1. The number of carboxylic acid groups (broad SMARTS) is 1. The summed E-state index contributed by atoms with van der Waals surface area (Å²) in [5.41, 5.74) is 0.471. The lowest BCUT2D eigenvalue weighted by molar-refractivity contribution is -0.192. The van der Waals surface area contributed by atoms with Crippen molar-refractivity contribution in [1.29, 1.82) is 0 Å². The third-order valence-electron chi connectivity index (χ3n) is 4.79. The summed E-state index contributed by atoms with van der Waals surface area (Å²) < 4.78 is 104. The number of aromatic nitrogens is 1. The first-order chi connectivity index (χ1) is 15.9. The third-order valence-corrected chi connectivity index (χ3v) is 6.93. The summed E-state index contributed by atoms with van der Waals surface area (Å²) in [6, 6.07) is 0.565. The monoisotopic (exact) mass is 549 g/mol. The number of carbonyl (C=O) groups excluding carboxylic acids is 1. The lowest BCUT2D eigenvalue weighted by Gasteiger charge is -2.22. The van der Waals surface area contributed by atoms with Gasteiger partial charge in [-0.3, -0.25) is 14.4 Å². The van der Waals surface area contributed by atoms with Crippen LogP contribution in [0.15, 0.2) is 29.9 Å². The fourth-order valence-electron chi connectivity index (χ4n) is 3.07. The molecular weight excluding hydrogens is 532 g/mol. The number of anilines is 1. The molecular formula is C18H17F6N3O6S2. The maximum atomic E-state index is 12.9. The number of hydrogen-bond acceptors (Lipinski definition) is 6. The zero-order chi connectivity index (χ0) is 26.9. The molecule has 2 atom stereocenters. The second-order valence-corrected chi connectivity index (χ2v) is 9.61. The van der Waals surface area contributed by atoms with Crippen molar-refractivity contribution < 1.29 is 54.0 Å². The Kier molecular flexibility index (Phi) is 8.08. The summed E-state index contributed by atoms with van der Waals surface area (Å²) in [4.78, 5) is 27.7. The molecule has 2 unspecified atom stereocenters. The van der Waals surface area contributed by atoms with E-state index in [1.165, 1.54) is 18.0 Å². The average molecular weight is 549 g/mol. The highest BCUT2D eigenvalue weighted by Crippen LogP contribution is 2.40. The third kappa shape index (κ3) is 6.61. The number of pyridine rings is 1. The number of amides is 2. The minimum atomic E-state index is -5.08. The molecule has 17 heteroatoms. The lowest BCUT2D eigenvalue weighted by atomic mass is 10.1. The van der Waals surface area contributed by atoms with Gasteiger partial charge < -0.3 is 10.0 Å². The van der Waals surface area contributed by atoms with Gasteiger partial charge in [-0.2, -0.15) is 34.8 Å². The summed E-state index contributed by atoms with van der Waals surface area (Å²) in [7, 11) is -4.77. The van der Waals surface area contributed by atoms with Gasteiger partial charge in [0.1, 0.15) is 5.00 Å². The molecule has 1 aliphatic rings. The minimum Gasteiger partial charge on any atom is -0.475 e. The maximum Gasteiger partial charge on any atom is 0.490 e. The van der Waals surface area contributed by atoms with E-state index in [4.69, 9.17) is 9.90 Å². The van der Waals surface area contributed by atoms with Crippen LogP contribution in [0.25, 0.3) is 0 Å². The Morgan fingerprint density at radius 2 is 1.80 bits per heavy atom. The maximum absolute atomic E-state index is 12.9. The Labute approximate surface area is 198 Å². The van der Waals surface area contributed by atoms with Crippen molar-refractivity contribution in [3.05, 3.63) is 46.6 Å². The summed E-state index contributed by atoms with van der Waals surface area (Å²) in [6.07, 6.45) is -6.63. The molecule has 0 radical (unpaired) electrons. The van der Waals surface area contributed by atoms with Gasteiger partial charge in [-0.05, 0) is 37.1 Å². The molecule has 3 rings (SSSR count). The van der Waals surface area contributed by atoms with Gasteiger partial charge in [0, 0.05) is 24.3 Å². The molecule has 1 saturated heterocycles. The summed E-state index contributed by atoms with van der Waals surface area (Å²) >= 11 is 0.584. The molecule has 0 aliphatic carbocycles. The van der Waals surface area contributed by atoms with Crippen molar-refractivity contribution >= 4 is 38.5 Å². The predicted molar refractivity (Wildman–Crippen MR) is 110 cm³/mol. The van der Waals surface area contributed by atoms with E-state index in [1.807, 2.05) is 0 Å². The number of aliphatic carboxylic acids is 1. The van der Waals surface area contributed by atoms with Crippen LogP contribution >= 0.6 is 11.3 Å². The number of halogens is 6. The van der Waals surface area contributed by atoms with Crippen molar-refractivity contribution in [2.75, 3.05) is 4.90 Å². The molecule has 0 aromatic carbocycles. The zero-order valence-corrected chi connectivity index (χ0v) is 19.3. The van der Waals surface area contributed by atoms with Crippen LogP contribution in [0.4, 0.5) is 36.1 Å². The van der Waals surface area contributed by atoms with E-state index in [1.54, 1.807) is 19.2 Å². The summed E-state index contributed by atoms with van der Waals surface area (Å²) in [5.74, 6) is -2.76. The van der Waals surface area contributed by atoms with E-state index in [0.717, 1.165) is 10.9 Å². The van der Waals surface area contributed by atoms with Crippen LogP contribution in [0, 0.1) is 6.92 Å². The summed E-state index contributed by atoms with van der Waals surface area (Å²) in [6.45, 7) is 3.21. The van der Waals surface area contributed by atoms with E-state index < -0.39 is 51.5 Å². The Hall–Kier alpha value is -2.92. The molecule has 2 N–H and O–H groups in total. The molecule has 9 nitrogen and oxygen atoms in total. The topological polar surface area (TPSA) is 128 Å². The molecule has 1 aliphatic heterocycles. The molecule has 2 aromatic rings. The highest BCUT2D eigenvalue weighted by molar-refractivity contribution is 7.86. The number of rotatable bonds is 4. The molecule has 1 fully saturated rings. The van der Waals surface area contributed by atoms with E-state index in [-0.39, 0.29) is 11.5 Å². The van der Waals surface area contributed by atoms with Crippen molar-refractivity contribution in [1.82, 2.24) is 9.88 Å². The number of nitrogens with zero attached hydrogens (tertiary/aromatic N) is 3. The number of carboxylic acids is 1. The number of hydrogen-bond donors (Lipinski definition) is 2. The van der Waals surface area contributed by atoms with Gasteiger partial charge in [-0.1, -0.05) is 0 Å². The van der Waals surface area contributed by atoms with Crippen molar-refractivity contribution in [3.8, 4) is 0 Å². The van der Waals surface area contributed by atoms with E-state index in [0.29, 0.717) is 27.9 Å². The standard InChI is InChI=1S/C16H16F3N3O4S2.C2HF3O2/c1-9-6-20-4-3-11(9)7-21-10(2)14(28(24,25)26)22(15(21)23)13-5-12(8-27-13)16(17,18)19;3-2(4,5)1(6)7/h3-6,8,10,14H,7H2,1-2H3,(H,24,25,26);(H,6,7). The Balaban J connectivity index is 0.000000540. The van der Waals surface area contributed by atoms with Crippen LogP contribution in [0.1, 0.15) is 23.6 Å². The second-order valence-electron chi connectivity index (χ2n) is 7.20. The van der Waals surface area contributed by atoms with E-state index in [2.05, 4.69) is 4.98 Å². The van der Waals surface area contributed by atoms with Gasteiger partial charge in [-0.25, -0.2) is 9.59 Å². The van der Waals surface area contributed by atoms with E-state index in [9.17, 15) is 44.1 Å². The first-order valence-corrected chi connectivity index (χ1v) is 11.7. The SMILES string of the molecule is Cc1cnccc1CN1C(=O)N(c2cc(C(F)(F)F)cs2)C(S(=O)(=O)O)C1C.O=C(O)C(F)(F)F. The Morgan fingerprint density at radius 3 is 2.23 bits per heavy atom. The first kappa shape index (κ1) is 28.3. The molecule has 0 spiro atoms. The van der Waals surface area contributed by atoms with Gasteiger partial charge >= 0.3 is 24.4 Å². The fraction of sp³-hybridized carbons (Fsp3) is 0.389. The average Bonchev–Trinajstić information content (AvgIpc) is 3.27. The molecule has 194 valence electrons. The molecule has 35 heavy (non-hydrogen) atoms. The number of urea groups is 1. The van der Waals surface area contributed by atoms with Gasteiger partial charge in [-0.15, -0.1) is 11.3 Å². The van der Waals surface area contributed by atoms with Crippen LogP contribution in [0.5, 0.6) is 0 Å². The fourth-order valence-corrected chi connectivity index (χ4v) is 5.20. The minimum absolute atomic E-state index is 0.0222. The largest absolute Gasteiger partial charge is 0.490 e. The molecule has 0 saturated carbocycles. The number of thiophene rings is 1. The first-order valence-electron chi connectivity index (χ1n) is 9.27. The zero-order valence-electron chi connectivity index (χ0n) is 17.7. The smallest absolute Gasteiger partial charge is 0.475 e. The van der Waals surface area contributed by atoms with Gasteiger partial charge in [0.05, 0.1) is 11.6 Å². The Morgan fingerprint density at radius 1 is 1.23 bits per heavy atom. The van der Waals surface area contributed by atoms with Crippen LogP contribution in [0.2, 0.25) is 0 Å². The van der Waals surface area contributed by atoms with Crippen LogP contribution < -0.4 is 4.90 Å². The molecule has 2 aromatic heterocycles. The van der Waals surface area contributed by atoms with Gasteiger partial charge in [0.2, 0.25) is 0 Å². The van der Waals surface area contributed by atoms with Crippen LogP contribution in [-0.4, -0.2) is 57.6 Å². The van der Waals surface area contributed by atoms with Gasteiger partial charge in [0.15, 0.2) is 5.37 Å². The quantitative estimate of drug-likeness (QED) is 0.433. The molecule has 3 heterocycles. The Bertz CT molecular complexity index is 1200. The lowest BCUT2D eigenvalue weighted by Crippen LogP contribution is -2.41. The summed E-state index contributed by atoms with van der Waals surface area (Å²) in [5, 5.41) is 5.99. The number of carbonyl (C=O) groups is 2.